The summed E-state index contributed by atoms with van der Waals surface area (Å²) >= 11 is 1.45. The third kappa shape index (κ3) is 1.97. The smallest absolute Gasteiger partial charge is 0.263 e. The van der Waals surface area contributed by atoms with Gasteiger partial charge in [0.15, 0.2) is 0 Å². The summed E-state index contributed by atoms with van der Waals surface area (Å²) in [6.07, 6.45) is 3.31. The number of thioether (sulfide) groups is 1. The van der Waals surface area contributed by atoms with Crippen LogP contribution >= 0.6 is 22.4 Å². The molecule has 1 aromatic carbocycles. The predicted molar refractivity (Wildman–Crippen MR) is 60.9 cm³/mol. The third-order valence-electron chi connectivity index (χ3n) is 1.96. The summed E-state index contributed by atoms with van der Waals surface area (Å²) in [5, 5.41) is 0. The fraction of sp³-hybridized carbons (Fsp3) is 0.125. The lowest BCUT2D eigenvalue weighted by atomic mass is 10.3. The van der Waals surface area contributed by atoms with Gasteiger partial charge in [0.1, 0.15) is 10.4 Å². The van der Waals surface area contributed by atoms with Gasteiger partial charge in [-0.05, 0) is 18.4 Å². The Hall–Kier alpha value is -0.720. The second kappa shape index (κ2) is 3.70. The topological polar surface area (TPSA) is 62.8 Å². The fourth-order valence-corrected chi connectivity index (χ4v) is 2.86. The minimum atomic E-state index is -3.76. The Labute approximate surface area is 95.5 Å². The molecule has 7 heteroatoms. The first-order valence-electron chi connectivity index (χ1n) is 3.98. The van der Waals surface area contributed by atoms with E-state index in [0.717, 1.165) is 4.90 Å². The molecule has 1 N–H and O–H groups in total. The molecule has 0 spiro atoms. The first-order valence-corrected chi connectivity index (χ1v) is 7.51. The Kier molecular flexibility index (Phi) is 2.66. The lowest BCUT2D eigenvalue weighted by Gasteiger charge is -2.01. The van der Waals surface area contributed by atoms with E-state index in [-0.39, 0.29) is 4.90 Å². The molecule has 0 aliphatic heterocycles. The quantitative estimate of drug-likeness (QED) is 0.666. The van der Waals surface area contributed by atoms with Gasteiger partial charge in [-0.25, -0.2) is 13.4 Å². The van der Waals surface area contributed by atoms with E-state index in [1.54, 1.807) is 0 Å². The molecule has 0 bridgehead atoms. The average molecular weight is 263 g/mol. The summed E-state index contributed by atoms with van der Waals surface area (Å²) in [6.45, 7) is 0. The van der Waals surface area contributed by atoms with E-state index < -0.39 is 9.05 Å². The van der Waals surface area contributed by atoms with Crippen molar-refractivity contribution in [3.8, 4) is 0 Å². The summed E-state index contributed by atoms with van der Waals surface area (Å²) in [7, 11) is 1.58. The zero-order chi connectivity index (χ0) is 11.1. The molecule has 2 aromatic rings. The van der Waals surface area contributed by atoms with E-state index in [4.69, 9.17) is 10.7 Å². The Morgan fingerprint density at radius 1 is 1.47 bits per heavy atom. The van der Waals surface area contributed by atoms with Gasteiger partial charge in [0.2, 0.25) is 0 Å². The van der Waals surface area contributed by atoms with Crippen molar-refractivity contribution in [2.75, 3.05) is 6.26 Å². The first-order chi connectivity index (χ1) is 7.02. The van der Waals surface area contributed by atoms with Gasteiger partial charge in [0.25, 0.3) is 9.05 Å². The van der Waals surface area contributed by atoms with Gasteiger partial charge >= 0.3 is 0 Å². The molecule has 0 saturated heterocycles. The molecule has 0 fully saturated rings. The summed E-state index contributed by atoms with van der Waals surface area (Å²) < 4.78 is 22.6. The van der Waals surface area contributed by atoms with Crippen molar-refractivity contribution in [2.24, 2.45) is 0 Å². The van der Waals surface area contributed by atoms with Crippen LogP contribution in [-0.4, -0.2) is 24.6 Å². The van der Waals surface area contributed by atoms with Crippen molar-refractivity contribution in [2.45, 2.75) is 9.79 Å². The van der Waals surface area contributed by atoms with E-state index in [1.165, 1.54) is 24.2 Å². The normalized spacial score (nSPS) is 12.1. The van der Waals surface area contributed by atoms with Gasteiger partial charge in [-0.2, -0.15) is 0 Å². The van der Waals surface area contributed by atoms with Gasteiger partial charge in [0, 0.05) is 15.6 Å². The molecular weight excluding hydrogens is 256 g/mol. The minimum Gasteiger partial charge on any atom is -0.345 e. The maximum Gasteiger partial charge on any atom is 0.263 e. The SMILES string of the molecule is CSc1cc(S(=O)(=O)Cl)c2nc[nH]c2c1. The number of benzene rings is 1. The molecular formula is C8H7ClN2O2S2. The molecule has 1 heterocycles. The Morgan fingerprint density at radius 2 is 2.20 bits per heavy atom. The highest BCUT2D eigenvalue weighted by Crippen LogP contribution is 2.28. The van der Waals surface area contributed by atoms with E-state index in [2.05, 4.69) is 9.97 Å². The van der Waals surface area contributed by atoms with Crippen molar-refractivity contribution in [1.29, 1.82) is 0 Å². The van der Waals surface area contributed by atoms with Crippen LogP contribution in [0.15, 0.2) is 28.3 Å². The number of imidazole rings is 1. The van der Waals surface area contributed by atoms with Crippen LogP contribution in [0.2, 0.25) is 0 Å². The third-order valence-corrected chi connectivity index (χ3v) is 4.00. The monoisotopic (exact) mass is 262 g/mol. The van der Waals surface area contributed by atoms with Crippen LogP contribution in [0.25, 0.3) is 11.0 Å². The molecule has 1 aromatic heterocycles. The van der Waals surface area contributed by atoms with Crippen LogP contribution in [0.1, 0.15) is 0 Å². The van der Waals surface area contributed by atoms with Crippen LogP contribution in [-0.2, 0) is 9.05 Å². The highest BCUT2D eigenvalue weighted by atomic mass is 35.7. The molecule has 0 saturated carbocycles. The minimum absolute atomic E-state index is 0.0484. The van der Waals surface area contributed by atoms with Gasteiger partial charge < -0.3 is 4.98 Å². The van der Waals surface area contributed by atoms with E-state index in [9.17, 15) is 8.42 Å². The Morgan fingerprint density at radius 3 is 2.80 bits per heavy atom. The number of nitrogens with zero attached hydrogens (tertiary/aromatic N) is 1. The number of H-pyrrole nitrogens is 1. The lowest BCUT2D eigenvalue weighted by Crippen LogP contribution is -1.93. The molecule has 0 atom stereocenters. The van der Waals surface area contributed by atoms with Crippen LogP contribution in [0.3, 0.4) is 0 Å². The van der Waals surface area contributed by atoms with Crippen molar-refractivity contribution in [3.63, 3.8) is 0 Å². The van der Waals surface area contributed by atoms with Crippen LogP contribution in [0.5, 0.6) is 0 Å². The fourth-order valence-electron chi connectivity index (χ4n) is 1.30. The summed E-state index contributed by atoms with van der Waals surface area (Å²) in [6, 6.07) is 3.36. The highest BCUT2D eigenvalue weighted by Gasteiger charge is 2.17. The van der Waals surface area contributed by atoms with E-state index in [1.807, 2.05) is 12.3 Å². The number of halogens is 1. The van der Waals surface area contributed by atoms with Gasteiger partial charge in [-0.3, -0.25) is 0 Å². The predicted octanol–water partition coefficient (Wildman–Crippen LogP) is 2.21. The maximum atomic E-state index is 11.3. The van der Waals surface area contributed by atoms with E-state index in [0.29, 0.717) is 11.0 Å². The zero-order valence-electron chi connectivity index (χ0n) is 7.69. The van der Waals surface area contributed by atoms with Gasteiger partial charge in [0.05, 0.1) is 11.8 Å². The lowest BCUT2D eigenvalue weighted by molar-refractivity contribution is 0.610. The Bertz CT molecular complexity index is 606. The number of aromatic amines is 1. The van der Waals surface area contributed by atoms with Crippen molar-refractivity contribution >= 4 is 42.5 Å². The molecule has 0 aliphatic carbocycles. The highest BCUT2D eigenvalue weighted by molar-refractivity contribution is 8.14. The largest absolute Gasteiger partial charge is 0.345 e. The number of aromatic nitrogens is 2. The van der Waals surface area contributed by atoms with Gasteiger partial charge in [-0.15, -0.1) is 11.8 Å². The van der Waals surface area contributed by atoms with Crippen molar-refractivity contribution in [3.05, 3.63) is 18.5 Å². The van der Waals surface area contributed by atoms with E-state index >= 15 is 0 Å². The number of nitrogens with one attached hydrogen (secondary N) is 1. The number of rotatable bonds is 2. The number of fused-ring (bicyclic) bond motifs is 1. The van der Waals surface area contributed by atoms with Crippen molar-refractivity contribution < 1.29 is 8.42 Å². The molecule has 15 heavy (non-hydrogen) atoms. The summed E-state index contributed by atoms with van der Waals surface area (Å²) in [4.78, 5) is 7.66. The van der Waals surface area contributed by atoms with Crippen molar-refractivity contribution in [1.82, 2.24) is 9.97 Å². The molecule has 0 unspecified atom stereocenters. The molecule has 2 rings (SSSR count). The molecule has 0 amide bonds. The second-order valence-corrected chi connectivity index (χ2v) is 6.28. The molecule has 0 radical (unpaired) electrons. The molecule has 0 aliphatic rings. The standard InChI is InChI=1S/C8H7ClN2O2S2/c1-14-5-2-6-8(11-4-10-6)7(3-5)15(9,12)13/h2-4H,1H3,(H,10,11). The van der Waals surface area contributed by atoms with Crippen LogP contribution < -0.4 is 0 Å². The summed E-state index contributed by atoms with van der Waals surface area (Å²) in [5.41, 5.74) is 1.05. The molecule has 80 valence electrons. The van der Waals surface area contributed by atoms with Crippen LogP contribution in [0.4, 0.5) is 0 Å². The number of hydrogen-bond donors (Lipinski definition) is 1. The van der Waals surface area contributed by atoms with Crippen LogP contribution in [0, 0.1) is 0 Å². The summed E-state index contributed by atoms with van der Waals surface area (Å²) in [5.74, 6) is 0. The molecule has 4 nitrogen and oxygen atoms in total. The van der Waals surface area contributed by atoms with Gasteiger partial charge in [-0.1, -0.05) is 0 Å². The second-order valence-electron chi connectivity index (χ2n) is 2.86. The zero-order valence-corrected chi connectivity index (χ0v) is 10.1. The average Bonchev–Trinajstić information content (AvgIpc) is 2.61. The number of hydrogen-bond acceptors (Lipinski definition) is 4. The Balaban J connectivity index is 2.86. The first kappa shape index (κ1) is 10.8. The maximum absolute atomic E-state index is 11.3.